The van der Waals surface area contributed by atoms with Crippen LogP contribution < -0.4 is 5.32 Å². The van der Waals surface area contributed by atoms with Crippen LogP contribution in [0.1, 0.15) is 29.6 Å². The number of halogens is 3. The van der Waals surface area contributed by atoms with E-state index in [1.165, 1.54) is 0 Å². The van der Waals surface area contributed by atoms with E-state index in [9.17, 15) is 4.79 Å². The van der Waals surface area contributed by atoms with Crippen molar-refractivity contribution in [3.63, 3.8) is 0 Å². The molecule has 17 heavy (non-hydrogen) atoms. The van der Waals surface area contributed by atoms with Crippen LogP contribution in [-0.2, 0) is 0 Å². The van der Waals surface area contributed by atoms with Gasteiger partial charge in [-0.3, -0.25) is 4.79 Å². The highest BCUT2D eigenvalue weighted by atomic mass is 79.9. The number of benzene rings is 1. The molecule has 0 heterocycles. The Bertz CT molecular complexity index is 385. The molecule has 0 aliphatic carbocycles. The molecule has 2 nitrogen and oxygen atoms in total. The minimum atomic E-state index is -0.0461. The maximum absolute atomic E-state index is 11.8. The van der Waals surface area contributed by atoms with Gasteiger partial charge in [-0.1, -0.05) is 22.4 Å². The van der Waals surface area contributed by atoms with Crippen molar-refractivity contribution in [3.05, 3.63) is 32.7 Å². The van der Waals surface area contributed by atoms with Gasteiger partial charge in [0.1, 0.15) is 0 Å². The number of alkyl halides is 1. The Kier molecular flexibility index (Phi) is 7.16. The summed E-state index contributed by atoms with van der Waals surface area (Å²) in [6.07, 6.45) is 3.01. The van der Waals surface area contributed by atoms with Gasteiger partial charge in [-0.05, 0) is 47.0 Å². The number of hydrogen-bond donors (Lipinski definition) is 1. The normalized spacial score (nSPS) is 10.3. The van der Waals surface area contributed by atoms with Crippen LogP contribution >= 0.6 is 43.5 Å². The van der Waals surface area contributed by atoms with E-state index in [-0.39, 0.29) is 5.91 Å². The molecule has 0 bridgehead atoms. The van der Waals surface area contributed by atoms with Crippen molar-refractivity contribution in [3.8, 4) is 0 Å². The highest BCUT2D eigenvalue weighted by molar-refractivity contribution is 9.11. The summed E-state index contributed by atoms with van der Waals surface area (Å²) in [4.78, 5) is 11.8. The van der Waals surface area contributed by atoms with Gasteiger partial charge < -0.3 is 5.32 Å². The molecule has 0 fully saturated rings. The fraction of sp³-hybridized carbons (Fsp3) is 0.417. The molecule has 0 radical (unpaired) electrons. The van der Waals surface area contributed by atoms with E-state index in [0.717, 1.165) is 28.2 Å². The maximum atomic E-state index is 11.8. The van der Waals surface area contributed by atoms with Gasteiger partial charge in [0.25, 0.3) is 5.91 Å². The summed E-state index contributed by atoms with van der Waals surface area (Å²) < 4.78 is 1.74. The summed E-state index contributed by atoms with van der Waals surface area (Å²) in [7, 11) is 0. The number of carbonyl (C=O) groups is 1. The Hall–Kier alpha value is -0.0600. The average molecular weight is 384 g/mol. The Morgan fingerprint density at radius 2 is 2.00 bits per heavy atom. The molecule has 1 aromatic carbocycles. The Morgan fingerprint density at radius 1 is 1.24 bits per heavy atom. The minimum Gasteiger partial charge on any atom is -0.352 e. The number of rotatable bonds is 6. The van der Waals surface area contributed by atoms with Gasteiger partial charge in [-0.25, -0.2) is 0 Å². The number of nitrogens with one attached hydrogen (secondary N) is 1. The van der Waals surface area contributed by atoms with Gasteiger partial charge in [0.2, 0.25) is 0 Å². The average Bonchev–Trinajstić information content (AvgIpc) is 2.28. The topological polar surface area (TPSA) is 29.1 Å². The Balaban J connectivity index is 2.42. The summed E-state index contributed by atoms with van der Waals surface area (Å²) in [5.41, 5.74) is 0.658. The molecule has 1 amide bonds. The van der Waals surface area contributed by atoms with Gasteiger partial charge in [0.05, 0.1) is 5.56 Å². The Morgan fingerprint density at radius 3 is 2.65 bits per heavy atom. The SMILES string of the molecule is O=C(NCCCCCCl)c1ccc(Br)cc1Br. The zero-order valence-electron chi connectivity index (χ0n) is 9.31. The second kappa shape index (κ2) is 8.11. The lowest BCUT2D eigenvalue weighted by Crippen LogP contribution is -2.24. The van der Waals surface area contributed by atoms with Crippen LogP contribution in [0, 0.1) is 0 Å². The molecular formula is C12H14Br2ClNO. The van der Waals surface area contributed by atoms with Crippen molar-refractivity contribution in [1.29, 1.82) is 0 Å². The molecule has 0 atom stereocenters. The van der Waals surface area contributed by atoms with E-state index in [1.807, 2.05) is 12.1 Å². The van der Waals surface area contributed by atoms with E-state index < -0.39 is 0 Å². The largest absolute Gasteiger partial charge is 0.352 e. The van der Waals surface area contributed by atoms with Crippen molar-refractivity contribution in [1.82, 2.24) is 5.32 Å². The first-order valence-corrected chi connectivity index (χ1v) is 7.56. The summed E-state index contributed by atoms with van der Waals surface area (Å²) in [5, 5.41) is 2.89. The van der Waals surface area contributed by atoms with E-state index in [1.54, 1.807) is 6.07 Å². The molecule has 0 saturated carbocycles. The molecule has 0 unspecified atom stereocenters. The van der Waals surface area contributed by atoms with Crippen LogP contribution in [0.15, 0.2) is 27.1 Å². The summed E-state index contributed by atoms with van der Waals surface area (Å²) in [6.45, 7) is 0.693. The third kappa shape index (κ3) is 5.40. The summed E-state index contributed by atoms with van der Waals surface area (Å²) in [6, 6.07) is 5.51. The first kappa shape index (κ1) is 15.0. The lowest BCUT2D eigenvalue weighted by molar-refractivity contribution is 0.0952. The van der Waals surface area contributed by atoms with Gasteiger partial charge >= 0.3 is 0 Å². The highest BCUT2D eigenvalue weighted by Crippen LogP contribution is 2.21. The third-order valence-electron chi connectivity index (χ3n) is 2.27. The molecule has 0 aliphatic rings. The fourth-order valence-corrected chi connectivity index (χ4v) is 2.78. The first-order chi connectivity index (χ1) is 8.15. The van der Waals surface area contributed by atoms with Crippen molar-refractivity contribution < 1.29 is 4.79 Å². The Labute approximate surface area is 123 Å². The minimum absolute atomic E-state index is 0.0461. The molecule has 1 aromatic rings. The quantitative estimate of drug-likeness (QED) is 0.574. The van der Waals surface area contributed by atoms with Gasteiger partial charge in [-0.2, -0.15) is 0 Å². The summed E-state index contributed by atoms with van der Waals surface area (Å²) in [5.74, 6) is 0.641. The van der Waals surface area contributed by atoms with Gasteiger partial charge in [0.15, 0.2) is 0 Å². The predicted octanol–water partition coefficient (Wildman–Crippen LogP) is 4.35. The smallest absolute Gasteiger partial charge is 0.252 e. The number of hydrogen-bond acceptors (Lipinski definition) is 1. The predicted molar refractivity (Wildman–Crippen MR) is 78.7 cm³/mol. The van der Waals surface area contributed by atoms with E-state index in [0.29, 0.717) is 18.0 Å². The zero-order chi connectivity index (χ0) is 12.7. The molecule has 1 N–H and O–H groups in total. The zero-order valence-corrected chi connectivity index (χ0v) is 13.2. The molecule has 1 rings (SSSR count). The van der Waals surface area contributed by atoms with Crippen molar-refractivity contribution in [2.75, 3.05) is 12.4 Å². The van der Waals surface area contributed by atoms with E-state index in [4.69, 9.17) is 11.6 Å². The van der Waals surface area contributed by atoms with E-state index in [2.05, 4.69) is 37.2 Å². The standard InChI is InChI=1S/C12H14Br2ClNO/c13-9-4-5-10(11(14)8-9)12(17)16-7-3-1-2-6-15/h4-5,8H,1-3,6-7H2,(H,16,17). The van der Waals surface area contributed by atoms with Crippen LogP contribution in [0.25, 0.3) is 0 Å². The molecular weight excluding hydrogens is 369 g/mol. The molecule has 0 aromatic heterocycles. The van der Waals surface area contributed by atoms with Crippen LogP contribution in [0.3, 0.4) is 0 Å². The molecule has 0 spiro atoms. The monoisotopic (exact) mass is 381 g/mol. The van der Waals surface area contributed by atoms with Crippen molar-refractivity contribution >= 4 is 49.4 Å². The number of carbonyl (C=O) groups excluding carboxylic acids is 1. The first-order valence-electron chi connectivity index (χ1n) is 5.44. The lowest BCUT2D eigenvalue weighted by atomic mass is 10.2. The van der Waals surface area contributed by atoms with Crippen LogP contribution in [0.2, 0.25) is 0 Å². The fourth-order valence-electron chi connectivity index (χ4n) is 1.37. The molecule has 0 aliphatic heterocycles. The van der Waals surface area contributed by atoms with Crippen LogP contribution in [-0.4, -0.2) is 18.3 Å². The van der Waals surface area contributed by atoms with Crippen molar-refractivity contribution in [2.24, 2.45) is 0 Å². The second-order valence-corrected chi connectivity index (χ2v) is 5.78. The third-order valence-corrected chi connectivity index (χ3v) is 3.69. The van der Waals surface area contributed by atoms with Gasteiger partial charge in [-0.15, -0.1) is 11.6 Å². The second-order valence-electron chi connectivity index (χ2n) is 3.63. The molecule has 0 saturated heterocycles. The molecule has 5 heteroatoms. The number of amides is 1. The van der Waals surface area contributed by atoms with Gasteiger partial charge in [0, 0.05) is 21.4 Å². The van der Waals surface area contributed by atoms with Crippen LogP contribution in [0.5, 0.6) is 0 Å². The highest BCUT2D eigenvalue weighted by Gasteiger charge is 2.09. The maximum Gasteiger partial charge on any atom is 0.252 e. The van der Waals surface area contributed by atoms with Crippen LogP contribution in [0.4, 0.5) is 0 Å². The lowest BCUT2D eigenvalue weighted by Gasteiger charge is -2.06. The molecule has 94 valence electrons. The number of unbranched alkanes of at least 4 members (excludes halogenated alkanes) is 2. The summed E-state index contributed by atoms with van der Waals surface area (Å²) >= 11 is 12.3. The van der Waals surface area contributed by atoms with Crippen molar-refractivity contribution in [2.45, 2.75) is 19.3 Å². The van der Waals surface area contributed by atoms with E-state index >= 15 is 0 Å².